The van der Waals surface area contributed by atoms with Crippen LogP contribution in [0.3, 0.4) is 0 Å². The van der Waals surface area contributed by atoms with Crippen LogP contribution in [0.2, 0.25) is 0 Å². The third-order valence-electron chi connectivity index (χ3n) is 11.3. The highest BCUT2D eigenvalue weighted by molar-refractivity contribution is 6.05. The Morgan fingerprint density at radius 1 is 1.00 bits per heavy atom. The number of carbonyl (C=O) groups excluding carboxylic acids is 4. The van der Waals surface area contributed by atoms with E-state index in [-0.39, 0.29) is 66.6 Å². The van der Waals surface area contributed by atoms with Crippen molar-refractivity contribution in [3.63, 3.8) is 0 Å². The number of fused-ring (bicyclic) bond motifs is 4. The van der Waals surface area contributed by atoms with Gasteiger partial charge < -0.3 is 10.2 Å². The highest BCUT2D eigenvalue weighted by Gasteiger charge is 2.70. The molecule has 8 atom stereocenters. The van der Waals surface area contributed by atoms with Crippen molar-refractivity contribution >= 4 is 29.1 Å². The Morgan fingerprint density at radius 2 is 1.62 bits per heavy atom. The third kappa shape index (κ3) is 3.74. The second-order valence-corrected chi connectivity index (χ2v) is 13.7. The lowest BCUT2D eigenvalue weighted by Crippen LogP contribution is -2.60. The molecule has 7 nitrogen and oxygen atoms in total. The van der Waals surface area contributed by atoms with E-state index in [1.165, 1.54) is 6.92 Å². The minimum atomic E-state index is -1.04. The van der Waals surface area contributed by atoms with Crippen LogP contribution < -0.4 is 0 Å². The minimum Gasteiger partial charge on any atom is -0.481 e. The summed E-state index contributed by atoms with van der Waals surface area (Å²) in [5.74, 6) is -2.49. The number of aliphatic carboxylic acids is 1. The molecule has 0 aromatic carbocycles. The maximum atomic E-state index is 14.0. The smallest absolute Gasteiger partial charge is 0.306 e. The molecule has 0 aromatic rings. The van der Waals surface area contributed by atoms with E-state index in [2.05, 4.69) is 0 Å². The van der Waals surface area contributed by atoms with Gasteiger partial charge in [-0.25, -0.2) is 0 Å². The summed E-state index contributed by atoms with van der Waals surface area (Å²) in [6.45, 7) is 13.1. The maximum Gasteiger partial charge on any atom is 0.306 e. The fourth-order valence-electron chi connectivity index (χ4n) is 8.93. The first-order chi connectivity index (χ1) is 16.9. The fourth-order valence-corrected chi connectivity index (χ4v) is 8.93. The van der Waals surface area contributed by atoms with Crippen molar-refractivity contribution in [2.45, 2.75) is 99.5 Å². The monoisotopic (exact) mass is 514 g/mol. The van der Waals surface area contributed by atoms with E-state index in [0.29, 0.717) is 30.4 Å². The quantitative estimate of drug-likeness (QED) is 0.540. The number of carbonyl (C=O) groups is 5. The number of hydrogen-bond donors (Lipinski definition) is 2. The highest BCUT2D eigenvalue weighted by Crippen LogP contribution is 2.70. The molecule has 204 valence electrons. The van der Waals surface area contributed by atoms with Crippen LogP contribution >= 0.6 is 0 Å². The number of hydrogen-bond acceptors (Lipinski definition) is 6. The lowest BCUT2D eigenvalue weighted by atomic mass is 9.42. The summed E-state index contributed by atoms with van der Waals surface area (Å²) in [6.07, 6.45) is 0.736. The zero-order valence-electron chi connectivity index (χ0n) is 23.3. The number of ketones is 4. The van der Waals surface area contributed by atoms with Crippen LogP contribution in [0.4, 0.5) is 0 Å². The molecular weight excluding hydrogens is 472 g/mol. The second-order valence-electron chi connectivity index (χ2n) is 13.7. The second kappa shape index (κ2) is 8.69. The van der Waals surface area contributed by atoms with Crippen molar-refractivity contribution in [1.82, 2.24) is 0 Å². The Kier molecular flexibility index (Phi) is 6.54. The molecule has 0 saturated heterocycles. The number of allylic oxidation sites excluding steroid dienone is 1. The number of aliphatic hydroxyl groups excluding tert-OH is 1. The van der Waals surface area contributed by atoms with E-state index in [0.717, 1.165) is 0 Å². The van der Waals surface area contributed by atoms with E-state index in [1.807, 2.05) is 41.5 Å². The Labute approximate surface area is 219 Å². The Balaban J connectivity index is 1.75. The molecule has 0 radical (unpaired) electrons. The zero-order valence-corrected chi connectivity index (χ0v) is 23.3. The molecule has 0 spiro atoms. The maximum absolute atomic E-state index is 14.0. The van der Waals surface area contributed by atoms with Gasteiger partial charge in [-0.05, 0) is 48.5 Å². The van der Waals surface area contributed by atoms with E-state index in [4.69, 9.17) is 0 Å². The molecule has 37 heavy (non-hydrogen) atoms. The normalized spacial score (nSPS) is 40.5. The summed E-state index contributed by atoms with van der Waals surface area (Å²) in [7, 11) is 0. The molecule has 4 rings (SSSR count). The van der Waals surface area contributed by atoms with Gasteiger partial charge in [0.1, 0.15) is 17.3 Å². The number of rotatable bonds is 6. The van der Waals surface area contributed by atoms with Gasteiger partial charge in [-0.1, -0.05) is 41.5 Å². The van der Waals surface area contributed by atoms with E-state index in [9.17, 15) is 34.2 Å². The molecule has 0 aliphatic heterocycles. The minimum absolute atomic E-state index is 0.00884. The molecule has 4 aliphatic carbocycles. The van der Waals surface area contributed by atoms with Gasteiger partial charge in [0, 0.05) is 48.5 Å². The van der Waals surface area contributed by atoms with Crippen molar-refractivity contribution in [3.05, 3.63) is 11.1 Å². The van der Waals surface area contributed by atoms with E-state index < -0.39 is 39.7 Å². The first-order valence-electron chi connectivity index (χ1n) is 13.7. The summed E-state index contributed by atoms with van der Waals surface area (Å²) < 4.78 is 0. The summed E-state index contributed by atoms with van der Waals surface area (Å²) in [5.41, 5.74) is -1.92. The average molecular weight is 515 g/mol. The van der Waals surface area contributed by atoms with Crippen LogP contribution in [-0.2, 0) is 24.0 Å². The van der Waals surface area contributed by atoms with E-state index >= 15 is 0 Å². The van der Waals surface area contributed by atoms with Crippen molar-refractivity contribution in [2.24, 2.45) is 45.3 Å². The third-order valence-corrected chi connectivity index (χ3v) is 11.3. The molecule has 2 saturated carbocycles. The Hall–Kier alpha value is -2.15. The van der Waals surface area contributed by atoms with Gasteiger partial charge in [0.05, 0.1) is 17.4 Å². The molecule has 2 N–H and O–H groups in total. The lowest BCUT2D eigenvalue weighted by molar-refractivity contribution is -0.147. The number of aliphatic hydroxyl groups is 1. The molecule has 4 aliphatic rings. The van der Waals surface area contributed by atoms with Gasteiger partial charge in [-0.2, -0.15) is 0 Å². The van der Waals surface area contributed by atoms with Crippen LogP contribution in [0.15, 0.2) is 11.1 Å². The molecule has 2 fully saturated rings. The summed E-state index contributed by atoms with van der Waals surface area (Å²) >= 11 is 0. The molecule has 0 amide bonds. The topological polar surface area (TPSA) is 126 Å². The Bertz CT molecular complexity index is 1110. The molecule has 7 heteroatoms. The van der Waals surface area contributed by atoms with Crippen LogP contribution in [0.25, 0.3) is 0 Å². The highest BCUT2D eigenvalue weighted by atomic mass is 16.4. The van der Waals surface area contributed by atoms with Gasteiger partial charge in [-0.3, -0.25) is 24.0 Å². The fraction of sp³-hybridized carbons (Fsp3) is 0.767. The van der Waals surface area contributed by atoms with Gasteiger partial charge in [0.15, 0.2) is 5.78 Å². The standard InChI is InChI=1S/C30H42O7/c1-15(10-17(31)11-16(2)26(36)37)18-12-23(35)30(7)25-19(32)13-21-27(3,4)22(34)8-9-28(21,5)24(25)20(33)14-29(18,30)6/h15-16,18-19,21,32H,8-14H2,1-7H3,(H,36,37)/t15-,16-,18-,19+,21+,28+,29-,30+/m0/s1. The predicted molar refractivity (Wildman–Crippen MR) is 136 cm³/mol. The van der Waals surface area contributed by atoms with Crippen LogP contribution in [0.1, 0.15) is 93.4 Å². The lowest BCUT2D eigenvalue weighted by Gasteiger charge is -2.60. The summed E-state index contributed by atoms with van der Waals surface area (Å²) in [5, 5.41) is 20.7. The van der Waals surface area contributed by atoms with Crippen molar-refractivity contribution in [2.75, 3.05) is 0 Å². The summed E-state index contributed by atoms with van der Waals surface area (Å²) in [4.78, 5) is 64.6. The van der Waals surface area contributed by atoms with Crippen LogP contribution in [0, 0.1) is 45.3 Å². The van der Waals surface area contributed by atoms with Crippen molar-refractivity contribution < 1.29 is 34.2 Å². The number of carboxylic acids is 1. The SMILES string of the molecule is C[C@@H](CC(=O)C[C@H](C)[C@@H]1CC(=O)[C@]2(C)C3=C(C(=O)C[C@@]12C)[C@]1(C)CCC(=O)C(C)(C)[C@H]1C[C@H]3O)C(=O)O. The van der Waals surface area contributed by atoms with Crippen molar-refractivity contribution in [1.29, 1.82) is 0 Å². The van der Waals surface area contributed by atoms with Gasteiger partial charge in [0.25, 0.3) is 0 Å². The predicted octanol–water partition coefficient (Wildman–Crippen LogP) is 4.34. The van der Waals surface area contributed by atoms with Gasteiger partial charge >= 0.3 is 5.97 Å². The van der Waals surface area contributed by atoms with Crippen molar-refractivity contribution in [3.8, 4) is 0 Å². The molecule has 0 bridgehead atoms. The Morgan fingerprint density at radius 3 is 2.22 bits per heavy atom. The largest absolute Gasteiger partial charge is 0.481 e. The molecule has 0 heterocycles. The molecule has 0 aromatic heterocycles. The molecule has 0 unspecified atom stereocenters. The number of Topliss-reactive ketones (excluding diaryl/α,β-unsaturated/α-hetero) is 4. The number of carboxylic acid groups (broad SMARTS) is 1. The first kappa shape index (κ1) is 27.9. The average Bonchev–Trinajstić information content (AvgIpc) is 2.99. The van der Waals surface area contributed by atoms with E-state index in [1.54, 1.807) is 0 Å². The summed E-state index contributed by atoms with van der Waals surface area (Å²) in [6, 6.07) is 0. The first-order valence-corrected chi connectivity index (χ1v) is 13.7. The van der Waals surface area contributed by atoms with Gasteiger partial charge in [0.2, 0.25) is 0 Å². The van der Waals surface area contributed by atoms with Crippen LogP contribution in [0.5, 0.6) is 0 Å². The van der Waals surface area contributed by atoms with Crippen LogP contribution in [-0.4, -0.2) is 45.4 Å². The molecular formula is C30H42O7. The zero-order chi connectivity index (χ0) is 27.9. The van der Waals surface area contributed by atoms with Gasteiger partial charge in [-0.15, -0.1) is 0 Å².